The third-order valence-corrected chi connectivity index (χ3v) is 9.09. The van der Waals surface area contributed by atoms with E-state index in [1.54, 1.807) is 49.4 Å². The third-order valence-electron chi connectivity index (χ3n) is 9.09. The molecule has 0 amide bonds. The summed E-state index contributed by atoms with van der Waals surface area (Å²) < 4.78 is 33.2. The van der Waals surface area contributed by atoms with Crippen LogP contribution in [0.15, 0.2) is 116 Å². The Balaban J connectivity index is 1.06. The summed E-state index contributed by atoms with van der Waals surface area (Å²) in [5.74, 6) is 0.373. The summed E-state index contributed by atoms with van der Waals surface area (Å²) in [7, 11) is 0. The maximum atomic E-state index is 13.1. The molecule has 0 aliphatic rings. The van der Waals surface area contributed by atoms with Gasteiger partial charge >= 0.3 is 23.9 Å². The predicted octanol–water partition coefficient (Wildman–Crippen LogP) is 10.1. The van der Waals surface area contributed by atoms with Crippen LogP contribution in [0.5, 0.6) is 23.0 Å². The molecule has 0 bridgehead atoms. The lowest BCUT2D eigenvalue weighted by molar-refractivity contribution is -0.138. The van der Waals surface area contributed by atoms with Crippen molar-refractivity contribution in [3.05, 3.63) is 133 Å². The predicted molar refractivity (Wildman–Crippen MR) is 219 cm³/mol. The molecule has 10 heteroatoms. The highest BCUT2D eigenvalue weighted by atomic mass is 16.5. The molecule has 0 spiro atoms. The van der Waals surface area contributed by atoms with E-state index in [0.29, 0.717) is 54.6 Å². The first-order valence-electron chi connectivity index (χ1n) is 19.2. The Kier molecular flexibility index (Phi) is 15.8. The van der Waals surface area contributed by atoms with E-state index in [-0.39, 0.29) is 0 Å². The van der Waals surface area contributed by atoms with E-state index in [1.165, 1.54) is 0 Å². The fourth-order valence-corrected chi connectivity index (χ4v) is 5.96. The van der Waals surface area contributed by atoms with Crippen molar-refractivity contribution in [2.75, 3.05) is 26.4 Å². The number of carbonyl (C=O) groups excluding carboxylic acids is 4. The van der Waals surface area contributed by atoms with Gasteiger partial charge in [0, 0.05) is 12.2 Å². The van der Waals surface area contributed by atoms with E-state index < -0.39 is 23.9 Å². The molecule has 0 saturated carbocycles. The van der Waals surface area contributed by atoms with Gasteiger partial charge in [-0.15, -0.1) is 0 Å². The maximum absolute atomic E-state index is 13.1. The van der Waals surface area contributed by atoms with E-state index >= 15 is 0 Å². The van der Waals surface area contributed by atoms with E-state index in [1.807, 2.05) is 48.5 Å². The van der Waals surface area contributed by atoms with Crippen LogP contribution in [-0.2, 0) is 19.1 Å². The molecule has 5 aromatic rings. The lowest BCUT2D eigenvalue weighted by Crippen LogP contribution is -2.10. The molecule has 0 radical (unpaired) electrons. The lowest BCUT2D eigenvalue weighted by atomic mass is 10.1. The van der Waals surface area contributed by atoms with Gasteiger partial charge in [0.25, 0.3) is 0 Å². The number of hydrogen-bond donors (Lipinski definition) is 0. The van der Waals surface area contributed by atoms with Crippen LogP contribution in [0, 0.1) is 6.92 Å². The Morgan fingerprint density at radius 3 is 1.37 bits per heavy atom. The Morgan fingerprint density at radius 2 is 0.895 bits per heavy atom. The molecule has 0 aliphatic carbocycles. The molecule has 0 unspecified atom stereocenters. The molecule has 0 heterocycles. The number of hydrogen-bond acceptors (Lipinski definition) is 10. The largest absolute Gasteiger partial charge is 0.494 e. The van der Waals surface area contributed by atoms with Crippen molar-refractivity contribution < 1.29 is 47.6 Å². The minimum absolute atomic E-state index is 0.328. The van der Waals surface area contributed by atoms with Crippen molar-refractivity contribution in [3.63, 3.8) is 0 Å². The average molecular weight is 773 g/mol. The molecule has 5 rings (SSSR count). The van der Waals surface area contributed by atoms with Crippen molar-refractivity contribution in [1.82, 2.24) is 0 Å². The van der Waals surface area contributed by atoms with Crippen molar-refractivity contribution >= 4 is 45.4 Å². The molecule has 0 fully saturated rings. The van der Waals surface area contributed by atoms with Crippen LogP contribution in [0.4, 0.5) is 0 Å². The number of aryl methyl sites for hydroxylation is 1. The Hall–Kier alpha value is -6.42. The van der Waals surface area contributed by atoms with Crippen molar-refractivity contribution in [1.29, 1.82) is 0 Å². The minimum atomic E-state index is -0.508. The monoisotopic (exact) mass is 772 g/mol. The normalized spacial score (nSPS) is 10.8. The van der Waals surface area contributed by atoms with Crippen LogP contribution in [0.2, 0.25) is 0 Å². The van der Waals surface area contributed by atoms with E-state index in [4.69, 9.17) is 28.4 Å². The Morgan fingerprint density at radius 1 is 0.474 bits per heavy atom. The van der Waals surface area contributed by atoms with Crippen LogP contribution in [-0.4, -0.2) is 50.3 Å². The number of fused-ring (bicyclic) bond motifs is 2. The van der Waals surface area contributed by atoms with Gasteiger partial charge in [0.05, 0.1) is 37.6 Å². The first-order valence-corrected chi connectivity index (χ1v) is 19.2. The van der Waals surface area contributed by atoms with Crippen LogP contribution in [0.25, 0.3) is 21.5 Å². The smallest absolute Gasteiger partial charge is 0.343 e. The first kappa shape index (κ1) is 41.7. The number of ether oxygens (including phenoxy) is 6. The second-order valence-corrected chi connectivity index (χ2v) is 13.4. The zero-order valence-corrected chi connectivity index (χ0v) is 32.3. The van der Waals surface area contributed by atoms with Crippen LogP contribution in [0.3, 0.4) is 0 Å². The molecule has 0 N–H and O–H groups in total. The fourth-order valence-electron chi connectivity index (χ4n) is 5.96. The van der Waals surface area contributed by atoms with E-state index in [9.17, 15) is 19.2 Å². The van der Waals surface area contributed by atoms with Gasteiger partial charge in [0.2, 0.25) is 0 Å². The van der Waals surface area contributed by atoms with Gasteiger partial charge in [0.15, 0.2) is 0 Å². The number of carbonyl (C=O) groups is 4. The molecular weight excluding hydrogens is 725 g/mol. The quantitative estimate of drug-likeness (QED) is 0.0291. The molecule has 57 heavy (non-hydrogen) atoms. The second kappa shape index (κ2) is 21.6. The molecule has 0 atom stereocenters. The van der Waals surface area contributed by atoms with E-state index in [2.05, 4.69) is 13.2 Å². The molecule has 10 nitrogen and oxygen atoms in total. The molecular formula is C47H48O10. The van der Waals surface area contributed by atoms with Gasteiger partial charge in [0.1, 0.15) is 23.0 Å². The number of unbranched alkanes of at least 4 members (excludes halogenated alkanes) is 6. The lowest BCUT2D eigenvalue weighted by Gasteiger charge is -2.11. The first-order chi connectivity index (χ1) is 27.7. The summed E-state index contributed by atoms with van der Waals surface area (Å²) in [5.41, 5.74) is 1.43. The topological polar surface area (TPSA) is 124 Å². The zero-order valence-electron chi connectivity index (χ0n) is 32.3. The second-order valence-electron chi connectivity index (χ2n) is 13.4. The number of benzene rings is 5. The SMILES string of the molecule is C=CC(=O)OCCCCCCOc1ccc2cc(C(=O)Oc3ccc(OC(=O)c4ccc5cc(OCCCCCCOC(=O)C=C)ccc5c4)c(C)c3)ccc2c1. The van der Waals surface area contributed by atoms with Gasteiger partial charge in [-0.3, -0.25) is 0 Å². The summed E-state index contributed by atoms with van der Waals surface area (Å²) in [5, 5.41) is 3.61. The van der Waals surface area contributed by atoms with Crippen molar-refractivity contribution in [2.24, 2.45) is 0 Å². The molecule has 0 saturated heterocycles. The van der Waals surface area contributed by atoms with Gasteiger partial charge in [-0.2, -0.15) is 0 Å². The number of rotatable bonds is 22. The molecule has 5 aromatic carbocycles. The third kappa shape index (κ3) is 13.1. The van der Waals surface area contributed by atoms with Gasteiger partial charge in [-0.25, -0.2) is 19.2 Å². The summed E-state index contributed by atoms with van der Waals surface area (Å²) in [4.78, 5) is 48.4. The van der Waals surface area contributed by atoms with Gasteiger partial charge < -0.3 is 28.4 Å². The zero-order chi connectivity index (χ0) is 40.4. The summed E-state index contributed by atoms with van der Waals surface area (Å²) in [6.07, 6.45) is 9.51. The molecule has 0 aromatic heterocycles. The highest BCUT2D eigenvalue weighted by molar-refractivity contribution is 5.98. The summed E-state index contributed by atoms with van der Waals surface area (Å²) >= 11 is 0. The van der Waals surface area contributed by atoms with Gasteiger partial charge in [-0.05, 0) is 152 Å². The van der Waals surface area contributed by atoms with E-state index in [0.717, 1.165) is 96.6 Å². The minimum Gasteiger partial charge on any atom is -0.494 e. The summed E-state index contributed by atoms with van der Waals surface area (Å²) in [6.45, 7) is 10.5. The molecule has 296 valence electrons. The number of esters is 4. The standard InChI is InChI=1S/C47H48O10/c1-4-44(48)54-26-12-8-6-10-24-52-40-20-18-34-29-38(16-14-36(34)31-40)46(50)56-42-22-23-43(33(3)28-42)57-47(51)39-17-15-37-32-41(21-19-35(37)30-39)53-25-11-7-9-13-27-55-45(49)5-2/h4-5,14-23,28-32H,1-2,6-13,24-27H2,3H3. The average Bonchev–Trinajstić information content (AvgIpc) is 3.22. The fraction of sp³-hybridized carbons (Fsp3) is 0.277. The Bertz CT molecular complexity index is 2200. The van der Waals surface area contributed by atoms with Crippen molar-refractivity contribution in [3.8, 4) is 23.0 Å². The van der Waals surface area contributed by atoms with Crippen LogP contribution in [0.1, 0.15) is 77.6 Å². The summed E-state index contributed by atoms with van der Waals surface area (Å²) in [6, 6.07) is 27.0. The highest BCUT2D eigenvalue weighted by Gasteiger charge is 2.15. The van der Waals surface area contributed by atoms with Crippen molar-refractivity contribution in [2.45, 2.75) is 58.3 Å². The highest BCUT2D eigenvalue weighted by Crippen LogP contribution is 2.28. The van der Waals surface area contributed by atoms with Gasteiger partial charge in [-0.1, -0.05) is 37.4 Å². The maximum Gasteiger partial charge on any atom is 0.343 e. The Labute approximate surface area is 333 Å². The molecule has 0 aliphatic heterocycles. The van der Waals surface area contributed by atoms with Crippen LogP contribution >= 0.6 is 0 Å². The van der Waals surface area contributed by atoms with Crippen LogP contribution < -0.4 is 18.9 Å².